The standard InChI is InChI=1S/C22H24ClNO5/c1-28-21-18(23)11-16(22(26)27)12-19(21)24-20(25)13-29-17-9-7-15(8-10-17)14-5-3-2-4-6-14/h7-12,14H,2-6,13H2,1H3,(H,24,25)(H,26,27). The molecular weight excluding hydrogens is 394 g/mol. The minimum Gasteiger partial charge on any atom is -0.493 e. The van der Waals surface area contributed by atoms with Crippen molar-refractivity contribution in [3.63, 3.8) is 0 Å². The summed E-state index contributed by atoms with van der Waals surface area (Å²) >= 11 is 6.04. The molecule has 6 nitrogen and oxygen atoms in total. The highest BCUT2D eigenvalue weighted by atomic mass is 35.5. The lowest BCUT2D eigenvalue weighted by Gasteiger charge is -2.22. The Kier molecular flexibility index (Phi) is 6.99. The van der Waals surface area contributed by atoms with Gasteiger partial charge in [-0.2, -0.15) is 0 Å². The van der Waals surface area contributed by atoms with Crippen LogP contribution in [0.15, 0.2) is 36.4 Å². The van der Waals surface area contributed by atoms with Gasteiger partial charge in [-0.15, -0.1) is 0 Å². The van der Waals surface area contributed by atoms with E-state index in [0.29, 0.717) is 11.7 Å². The summed E-state index contributed by atoms with van der Waals surface area (Å²) in [6, 6.07) is 10.4. The fraction of sp³-hybridized carbons (Fsp3) is 0.364. The Labute approximate surface area is 174 Å². The Morgan fingerprint density at radius 2 is 1.83 bits per heavy atom. The number of methoxy groups -OCH3 is 1. The molecule has 1 aliphatic rings. The van der Waals surface area contributed by atoms with E-state index in [2.05, 4.69) is 17.4 Å². The van der Waals surface area contributed by atoms with Gasteiger partial charge in [-0.05, 0) is 48.6 Å². The zero-order chi connectivity index (χ0) is 20.8. The average molecular weight is 418 g/mol. The van der Waals surface area contributed by atoms with Crippen LogP contribution in [-0.2, 0) is 4.79 Å². The lowest BCUT2D eigenvalue weighted by atomic mass is 9.84. The van der Waals surface area contributed by atoms with Gasteiger partial charge in [-0.25, -0.2) is 4.79 Å². The first kappa shape index (κ1) is 21.0. The molecule has 29 heavy (non-hydrogen) atoms. The molecule has 1 amide bonds. The van der Waals surface area contributed by atoms with Crippen LogP contribution in [0.25, 0.3) is 0 Å². The SMILES string of the molecule is COc1c(Cl)cc(C(=O)O)cc1NC(=O)COc1ccc(C2CCCCC2)cc1. The zero-order valence-electron chi connectivity index (χ0n) is 16.2. The number of ether oxygens (including phenoxy) is 2. The van der Waals surface area contributed by atoms with Gasteiger partial charge in [-0.3, -0.25) is 4.79 Å². The van der Waals surface area contributed by atoms with E-state index in [0.717, 1.165) is 0 Å². The number of carboxylic acid groups (broad SMARTS) is 1. The van der Waals surface area contributed by atoms with Crippen molar-refractivity contribution in [1.82, 2.24) is 0 Å². The van der Waals surface area contributed by atoms with Gasteiger partial charge >= 0.3 is 5.97 Å². The van der Waals surface area contributed by atoms with Gasteiger partial charge in [0.2, 0.25) is 0 Å². The molecule has 0 atom stereocenters. The maximum Gasteiger partial charge on any atom is 0.335 e. The maximum absolute atomic E-state index is 12.3. The van der Waals surface area contributed by atoms with Crippen molar-refractivity contribution >= 4 is 29.2 Å². The maximum atomic E-state index is 12.3. The Morgan fingerprint density at radius 3 is 2.45 bits per heavy atom. The van der Waals surface area contributed by atoms with E-state index >= 15 is 0 Å². The quantitative estimate of drug-likeness (QED) is 0.653. The summed E-state index contributed by atoms with van der Waals surface area (Å²) in [6.45, 7) is -0.221. The number of halogens is 1. The highest BCUT2D eigenvalue weighted by Crippen LogP contribution is 2.35. The molecule has 0 spiro atoms. The topological polar surface area (TPSA) is 84.9 Å². The summed E-state index contributed by atoms with van der Waals surface area (Å²) in [5.74, 6) is -0.191. The van der Waals surface area contributed by atoms with E-state index in [1.807, 2.05) is 12.1 Å². The predicted molar refractivity (Wildman–Crippen MR) is 111 cm³/mol. The highest BCUT2D eigenvalue weighted by molar-refractivity contribution is 6.33. The van der Waals surface area contributed by atoms with Crippen LogP contribution in [0.5, 0.6) is 11.5 Å². The van der Waals surface area contributed by atoms with Gasteiger partial charge < -0.3 is 19.9 Å². The van der Waals surface area contributed by atoms with Crippen molar-refractivity contribution in [1.29, 1.82) is 0 Å². The highest BCUT2D eigenvalue weighted by Gasteiger charge is 2.17. The molecule has 1 fully saturated rings. The molecule has 0 unspecified atom stereocenters. The fourth-order valence-electron chi connectivity index (χ4n) is 3.62. The van der Waals surface area contributed by atoms with Crippen LogP contribution >= 0.6 is 11.6 Å². The molecule has 0 bridgehead atoms. The molecule has 2 aromatic rings. The summed E-state index contributed by atoms with van der Waals surface area (Å²) in [7, 11) is 1.39. The largest absolute Gasteiger partial charge is 0.493 e. The van der Waals surface area contributed by atoms with Crippen molar-refractivity contribution in [2.45, 2.75) is 38.0 Å². The molecule has 3 rings (SSSR count). The molecule has 0 radical (unpaired) electrons. The number of rotatable bonds is 7. The third kappa shape index (κ3) is 5.41. The van der Waals surface area contributed by atoms with Gasteiger partial charge in [0.25, 0.3) is 5.91 Å². The zero-order valence-corrected chi connectivity index (χ0v) is 17.0. The summed E-state index contributed by atoms with van der Waals surface area (Å²) < 4.78 is 10.7. The average Bonchev–Trinajstić information content (AvgIpc) is 2.73. The van der Waals surface area contributed by atoms with E-state index in [4.69, 9.17) is 26.2 Å². The lowest BCUT2D eigenvalue weighted by molar-refractivity contribution is -0.118. The molecule has 1 saturated carbocycles. The number of hydrogen-bond acceptors (Lipinski definition) is 4. The summed E-state index contributed by atoms with van der Waals surface area (Å²) in [4.78, 5) is 23.5. The molecular formula is C22H24ClNO5. The Bertz CT molecular complexity index is 876. The Hall–Kier alpha value is -2.73. The number of carboxylic acids is 1. The van der Waals surface area contributed by atoms with Crippen LogP contribution in [0, 0.1) is 0 Å². The van der Waals surface area contributed by atoms with Crippen molar-refractivity contribution in [2.75, 3.05) is 19.0 Å². The second kappa shape index (κ2) is 9.65. The second-order valence-electron chi connectivity index (χ2n) is 7.08. The first-order chi connectivity index (χ1) is 14.0. The number of carbonyl (C=O) groups is 2. The monoisotopic (exact) mass is 417 g/mol. The third-order valence-electron chi connectivity index (χ3n) is 5.10. The second-order valence-corrected chi connectivity index (χ2v) is 7.49. The molecule has 2 aromatic carbocycles. The Morgan fingerprint density at radius 1 is 1.14 bits per heavy atom. The minimum atomic E-state index is -1.15. The molecule has 0 saturated heterocycles. The van der Waals surface area contributed by atoms with Crippen molar-refractivity contribution in [2.24, 2.45) is 0 Å². The number of hydrogen-bond donors (Lipinski definition) is 2. The van der Waals surface area contributed by atoms with Crippen LogP contribution in [0.3, 0.4) is 0 Å². The van der Waals surface area contributed by atoms with E-state index in [9.17, 15) is 9.59 Å². The lowest BCUT2D eigenvalue weighted by Crippen LogP contribution is -2.21. The number of amides is 1. The minimum absolute atomic E-state index is 0.0506. The van der Waals surface area contributed by atoms with E-state index in [1.165, 1.54) is 56.9 Å². The van der Waals surface area contributed by atoms with Crippen LogP contribution in [-0.4, -0.2) is 30.7 Å². The van der Waals surface area contributed by atoms with Gasteiger partial charge in [0.1, 0.15) is 5.75 Å². The summed E-state index contributed by atoms with van der Waals surface area (Å²) in [5, 5.41) is 11.9. The van der Waals surface area contributed by atoms with Gasteiger partial charge in [-0.1, -0.05) is 43.0 Å². The van der Waals surface area contributed by atoms with Gasteiger partial charge in [0.15, 0.2) is 12.4 Å². The molecule has 2 N–H and O–H groups in total. The molecule has 0 heterocycles. The number of aromatic carboxylic acids is 1. The predicted octanol–water partition coefficient (Wildman–Crippen LogP) is 5.11. The van der Waals surface area contributed by atoms with E-state index < -0.39 is 11.9 Å². The fourth-order valence-corrected chi connectivity index (χ4v) is 3.92. The smallest absolute Gasteiger partial charge is 0.335 e. The number of carbonyl (C=O) groups excluding carboxylic acids is 1. The molecule has 7 heteroatoms. The molecule has 1 aliphatic carbocycles. The number of anilines is 1. The number of benzene rings is 2. The Balaban J connectivity index is 1.60. The molecule has 154 valence electrons. The van der Waals surface area contributed by atoms with Gasteiger partial charge in [0, 0.05) is 0 Å². The first-order valence-corrected chi connectivity index (χ1v) is 9.99. The van der Waals surface area contributed by atoms with E-state index in [-0.39, 0.29) is 28.6 Å². The van der Waals surface area contributed by atoms with Crippen molar-refractivity contribution in [3.8, 4) is 11.5 Å². The normalized spacial score (nSPS) is 14.3. The third-order valence-corrected chi connectivity index (χ3v) is 5.38. The van der Waals surface area contributed by atoms with Crippen LogP contribution in [0.2, 0.25) is 5.02 Å². The first-order valence-electron chi connectivity index (χ1n) is 9.61. The molecule has 0 aromatic heterocycles. The van der Waals surface area contributed by atoms with Crippen molar-refractivity contribution < 1.29 is 24.2 Å². The summed E-state index contributed by atoms with van der Waals surface area (Å²) in [6.07, 6.45) is 6.32. The number of nitrogens with one attached hydrogen (secondary N) is 1. The van der Waals surface area contributed by atoms with Crippen molar-refractivity contribution in [3.05, 3.63) is 52.5 Å². The van der Waals surface area contributed by atoms with Crippen LogP contribution < -0.4 is 14.8 Å². The van der Waals surface area contributed by atoms with Crippen LogP contribution in [0.1, 0.15) is 53.9 Å². The van der Waals surface area contributed by atoms with Crippen LogP contribution in [0.4, 0.5) is 5.69 Å². The van der Waals surface area contributed by atoms with E-state index in [1.54, 1.807) is 0 Å². The summed E-state index contributed by atoms with van der Waals surface area (Å²) in [5.41, 5.74) is 1.44. The van der Waals surface area contributed by atoms with Gasteiger partial charge in [0.05, 0.1) is 23.4 Å². The molecule has 0 aliphatic heterocycles.